The van der Waals surface area contributed by atoms with Gasteiger partial charge in [-0.1, -0.05) is 49.3 Å². The quantitative estimate of drug-likeness (QED) is 0.376. The highest BCUT2D eigenvalue weighted by atomic mass is 32.2. The molecule has 2 fully saturated rings. The molecule has 1 saturated heterocycles. The molecule has 3 nitrogen and oxygen atoms in total. The normalized spacial score (nSPS) is 19.6. The summed E-state index contributed by atoms with van der Waals surface area (Å²) >= 11 is 6.80. The van der Waals surface area contributed by atoms with E-state index in [1.165, 1.54) is 24.2 Å². The average molecular weight is 465 g/mol. The number of amides is 1. The minimum absolute atomic E-state index is 0.0641. The Morgan fingerprint density at radius 2 is 1.84 bits per heavy atom. The summed E-state index contributed by atoms with van der Waals surface area (Å²) in [7, 11) is 0. The first-order valence-electron chi connectivity index (χ1n) is 10.3. The third-order valence-corrected chi connectivity index (χ3v) is 7.28. The summed E-state index contributed by atoms with van der Waals surface area (Å²) in [5.74, 6) is -0.0641. The number of aromatic nitrogens is 1. The molecule has 0 unspecified atom stereocenters. The Labute approximate surface area is 189 Å². The van der Waals surface area contributed by atoms with Gasteiger partial charge in [0.25, 0.3) is 5.91 Å². The number of halogens is 3. The Morgan fingerprint density at radius 1 is 1.13 bits per heavy atom. The van der Waals surface area contributed by atoms with Crippen LogP contribution in [0.15, 0.2) is 35.2 Å². The van der Waals surface area contributed by atoms with E-state index >= 15 is 0 Å². The molecule has 0 N–H and O–H groups in total. The molecule has 8 heteroatoms. The fraction of sp³-hybridized carbons (Fsp3) is 0.391. The molecule has 2 aromatic rings. The van der Waals surface area contributed by atoms with Gasteiger partial charge in [-0.25, -0.2) is 0 Å². The maximum Gasteiger partial charge on any atom is 0.416 e. The molecule has 1 aromatic carbocycles. The zero-order chi connectivity index (χ0) is 22.3. The van der Waals surface area contributed by atoms with Crippen molar-refractivity contribution in [3.63, 3.8) is 0 Å². The number of hydrogen-bond donors (Lipinski definition) is 0. The molecule has 0 atom stereocenters. The summed E-state index contributed by atoms with van der Waals surface area (Å²) in [5, 5.41) is 0. The van der Waals surface area contributed by atoms with Gasteiger partial charge in [-0.3, -0.25) is 9.69 Å². The van der Waals surface area contributed by atoms with Crippen molar-refractivity contribution in [2.24, 2.45) is 0 Å². The van der Waals surface area contributed by atoms with E-state index in [0.29, 0.717) is 14.9 Å². The summed E-state index contributed by atoms with van der Waals surface area (Å²) in [4.78, 5) is 15.4. The molecule has 1 aliphatic carbocycles. The number of carbonyl (C=O) groups excluding carboxylic acids is 1. The maximum atomic E-state index is 13.2. The van der Waals surface area contributed by atoms with Gasteiger partial charge in [-0.15, -0.1) is 0 Å². The van der Waals surface area contributed by atoms with Gasteiger partial charge in [0.05, 0.1) is 10.5 Å². The fourth-order valence-corrected chi connectivity index (χ4v) is 5.82. The van der Waals surface area contributed by atoms with Crippen LogP contribution in [0.1, 0.15) is 54.6 Å². The lowest BCUT2D eigenvalue weighted by molar-refractivity contribution is -0.137. The number of carbonyl (C=O) groups is 1. The lowest BCUT2D eigenvalue weighted by Crippen LogP contribution is -2.39. The second kappa shape index (κ2) is 8.47. The Morgan fingerprint density at radius 3 is 2.52 bits per heavy atom. The van der Waals surface area contributed by atoms with E-state index in [2.05, 4.69) is 0 Å². The minimum Gasteiger partial charge on any atom is -0.318 e. The van der Waals surface area contributed by atoms with Crippen molar-refractivity contribution < 1.29 is 18.0 Å². The molecule has 1 aromatic heterocycles. The van der Waals surface area contributed by atoms with Crippen molar-refractivity contribution in [1.82, 2.24) is 9.47 Å². The van der Waals surface area contributed by atoms with Gasteiger partial charge in [0.15, 0.2) is 0 Å². The third-order valence-electron chi connectivity index (χ3n) is 5.95. The van der Waals surface area contributed by atoms with E-state index in [0.717, 1.165) is 54.8 Å². The predicted molar refractivity (Wildman–Crippen MR) is 122 cm³/mol. The van der Waals surface area contributed by atoms with Crippen LogP contribution in [0.3, 0.4) is 0 Å². The second-order valence-corrected chi connectivity index (χ2v) is 9.73. The van der Waals surface area contributed by atoms with Crippen LogP contribution in [0, 0.1) is 13.8 Å². The lowest BCUT2D eigenvalue weighted by atomic mass is 9.94. The smallest absolute Gasteiger partial charge is 0.318 e. The van der Waals surface area contributed by atoms with Crippen molar-refractivity contribution in [2.75, 3.05) is 0 Å². The first kappa shape index (κ1) is 22.1. The number of alkyl halides is 3. The van der Waals surface area contributed by atoms with Gasteiger partial charge >= 0.3 is 6.18 Å². The highest BCUT2D eigenvalue weighted by molar-refractivity contribution is 8.26. The summed E-state index contributed by atoms with van der Waals surface area (Å²) in [6.07, 6.45) is 2.78. The monoisotopic (exact) mass is 464 g/mol. The number of hydrogen-bond acceptors (Lipinski definition) is 3. The van der Waals surface area contributed by atoms with E-state index in [1.54, 1.807) is 15.5 Å². The number of thioether (sulfide) groups is 1. The maximum absolute atomic E-state index is 13.2. The molecule has 31 heavy (non-hydrogen) atoms. The SMILES string of the molecule is Cc1cc(/C=C2/SC(=S)N(C3CCCCC3)C2=O)c(C)n1-c1cccc(C(F)(F)F)c1. The van der Waals surface area contributed by atoms with E-state index in [1.807, 2.05) is 26.0 Å². The van der Waals surface area contributed by atoms with E-state index in [9.17, 15) is 18.0 Å². The molecule has 0 spiro atoms. The molecule has 1 saturated carbocycles. The summed E-state index contributed by atoms with van der Waals surface area (Å²) < 4.78 is 41.8. The lowest BCUT2D eigenvalue weighted by Gasteiger charge is -2.29. The first-order chi connectivity index (χ1) is 14.7. The van der Waals surface area contributed by atoms with Crippen LogP contribution in [0.25, 0.3) is 11.8 Å². The predicted octanol–water partition coefficient (Wildman–Crippen LogP) is 6.65. The summed E-state index contributed by atoms with van der Waals surface area (Å²) in [5.41, 5.74) is 2.14. The molecule has 4 rings (SSSR count). The van der Waals surface area contributed by atoms with E-state index < -0.39 is 11.7 Å². The van der Waals surface area contributed by atoms with Gasteiger partial charge in [0, 0.05) is 23.1 Å². The number of rotatable bonds is 3. The Bertz CT molecular complexity index is 1070. The molecular formula is C23H23F3N2OS2. The highest BCUT2D eigenvalue weighted by Crippen LogP contribution is 2.38. The van der Waals surface area contributed by atoms with Gasteiger partial charge < -0.3 is 4.57 Å². The van der Waals surface area contributed by atoms with Crippen molar-refractivity contribution in [3.05, 3.63) is 57.8 Å². The fourth-order valence-electron chi connectivity index (χ4n) is 4.43. The Balaban J connectivity index is 1.66. The molecule has 2 aliphatic rings. The van der Waals surface area contributed by atoms with Crippen LogP contribution in [-0.2, 0) is 11.0 Å². The topological polar surface area (TPSA) is 25.2 Å². The van der Waals surface area contributed by atoms with Gasteiger partial charge in [0.2, 0.25) is 0 Å². The average Bonchev–Trinajstić information content (AvgIpc) is 3.16. The molecule has 1 aliphatic heterocycles. The number of thiocarbonyl (C=S) groups is 1. The summed E-state index contributed by atoms with van der Waals surface area (Å²) in [6, 6.07) is 7.34. The van der Waals surface area contributed by atoms with Crippen LogP contribution in [0.4, 0.5) is 13.2 Å². The summed E-state index contributed by atoms with van der Waals surface area (Å²) in [6.45, 7) is 3.69. The zero-order valence-corrected chi connectivity index (χ0v) is 19.0. The van der Waals surface area contributed by atoms with Crippen LogP contribution in [0.5, 0.6) is 0 Å². The van der Waals surface area contributed by atoms with Gasteiger partial charge in [0.1, 0.15) is 4.32 Å². The van der Waals surface area contributed by atoms with Gasteiger partial charge in [-0.2, -0.15) is 13.2 Å². The molecule has 1 amide bonds. The standard InChI is InChI=1S/C23H23F3N2OS2/c1-14-11-16(15(2)27(14)19-10-6-7-17(13-19)23(24,25)26)12-20-21(29)28(22(30)31-20)18-8-4-3-5-9-18/h6-7,10-13,18H,3-5,8-9H2,1-2H3/b20-12+. The van der Waals surface area contributed by atoms with Crippen LogP contribution in [-0.4, -0.2) is 25.7 Å². The van der Waals surface area contributed by atoms with Crippen molar-refractivity contribution in [1.29, 1.82) is 0 Å². The molecule has 0 bridgehead atoms. The Hall–Kier alpha value is -2.06. The molecule has 2 heterocycles. The van der Waals surface area contributed by atoms with Gasteiger partial charge in [-0.05, 0) is 62.6 Å². The van der Waals surface area contributed by atoms with Crippen LogP contribution >= 0.6 is 24.0 Å². The zero-order valence-electron chi connectivity index (χ0n) is 17.3. The number of nitrogens with zero attached hydrogens (tertiary/aromatic N) is 2. The largest absolute Gasteiger partial charge is 0.416 e. The van der Waals surface area contributed by atoms with E-state index in [4.69, 9.17) is 12.2 Å². The Kier molecular flexibility index (Phi) is 6.05. The van der Waals surface area contributed by atoms with Crippen LogP contribution < -0.4 is 0 Å². The van der Waals surface area contributed by atoms with E-state index in [-0.39, 0.29) is 11.9 Å². The molecular weight excluding hydrogens is 441 g/mol. The minimum atomic E-state index is -4.40. The van der Waals surface area contributed by atoms with Crippen molar-refractivity contribution in [3.8, 4) is 5.69 Å². The highest BCUT2D eigenvalue weighted by Gasteiger charge is 2.37. The second-order valence-electron chi connectivity index (χ2n) is 8.05. The number of aryl methyl sites for hydroxylation is 1. The number of benzene rings is 1. The molecule has 0 radical (unpaired) electrons. The first-order valence-corrected chi connectivity index (χ1v) is 11.5. The van der Waals surface area contributed by atoms with Crippen molar-refractivity contribution >= 4 is 40.3 Å². The third kappa shape index (κ3) is 4.32. The molecule has 164 valence electrons. The van der Waals surface area contributed by atoms with Crippen LogP contribution in [0.2, 0.25) is 0 Å². The van der Waals surface area contributed by atoms with Crippen molar-refractivity contribution in [2.45, 2.75) is 58.2 Å².